The zero-order valence-electron chi connectivity index (χ0n) is 13.0. The van der Waals surface area contributed by atoms with Crippen LogP contribution in [0.15, 0.2) is 35.7 Å². The topological polar surface area (TPSA) is 45.2 Å². The maximum atomic E-state index is 12.5. The van der Waals surface area contributed by atoms with E-state index in [0.29, 0.717) is 12.5 Å². The lowest BCUT2D eigenvalue weighted by molar-refractivity contribution is 0.201. The average Bonchev–Trinajstić information content (AvgIpc) is 3.27. The maximum Gasteiger partial charge on any atom is 0.318 e. The number of hydrogen-bond acceptors (Lipinski definition) is 3. The quantitative estimate of drug-likeness (QED) is 0.913. The Hall–Kier alpha value is -1.88. The molecular weight excluding hydrogens is 294 g/mol. The van der Waals surface area contributed by atoms with E-state index in [1.807, 2.05) is 49.7 Å². The molecule has 1 aromatic carbocycles. The van der Waals surface area contributed by atoms with Gasteiger partial charge in [-0.3, -0.25) is 0 Å². The summed E-state index contributed by atoms with van der Waals surface area (Å²) in [5.41, 5.74) is 2.16. The van der Waals surface area contributed by atoms with Crippen LogP contribution in [0.5, 0.6) is 0 Å². The smallest absolute Gasteiger partial charge is 0.318 e. The second kappa shape index (κ2) is 6.48. The highest BCUT2D eigenvalue weighted by Gasteiger charge is 2.35. The van der Waals surface area contributed by atoms with Crippen LogP contribution in [-0.2, 0) is 6.54 Å². The van der Waals surface area contributed by atoms with Crippen molar-refractivity contribution in [1.82, 2.24) is 15.2 Å². The summed E-state index contributed by atoms with van der Waals surface area (Å²) < 4.78 is 0. The van der Waals surface area contributed by atoms with Gasteiger partial charge in [-0.05, 0) is 31.2 Å². The summed E-state index contributed by atoms with van der Waals surface area (Å²) in [6.45, 7) is 2.61. The van der Waals surface area contributed by atoms with Gasteiger partial charge in [-0.1, -0.05) is 30.3 Å². The summed E-state index contributed by atoms with van der Waals surface area (Å²) in [4.78, 5) is 18.7. The summed E-state index contributed by atoms with van der Waals surface area (Å²) in [5.74, 6) is 0.541. The monoisotopic (exact) mass is 315 g/mol. The molecule has 3 rings (SSSR count). The van der Waals surface area contributed by atoms with Crippen LogP contribution in [0.25, 0.3) is 0 Å². The molecule has 2 amide bonds. The molecule has 1 aliphatic rings. The van der Waals surface area contributed by atoms with Gasteiger partial charge in [0.15, 0.2) is 0 Å². The van der Waals surface area contributed by atoms with Gasteiger partial charge >= 0.3 is 6.03 Å². The van der Waals surface area contributed by atoms with Crippen LogP contribution >= 0.6 is 11.3 Å². The SMILES string of the molecule is Cc1csc([C@H](NC(=O)N(C)Cc2ccccc2)C2CC2)n1. The number of nitrogens with zero attached hydrogens (tertiary/aromatic N) is 2. The zero-order chi connectivity index (χ0) is 15.5. The van der Waals surface area contributed by atoms with Crippen molar-refractivity contribution >= 4 is 17.4 Å². The number of rotatable bonds is 5. The number of benzene rings is 1. The van der Waals surface area contributed by atoms with E-state index in [4.69, 9.17) is 0 Å². The van der Waals surface area contributed by atoms with Gasteiger partial charge in [-0.15, -0.1) is 11.3 Å². The number of hydrogen-bond donors (Lipinski definition) is 1. The van der Waals surface area contributed by atoms with E-state index in [-0.39, 0.29) is 12.1 Å². The van der Waals surface area contributed by atoms with Crippen molar-refractivity contribution in [3.8, 4) is 0 Å². The molecule has 2 aromatic rings. The van der Waals surface area contributed by atoms with Crippen molar-refractivity contribution in [3.05, 3.63) is 52.0 Å². The van der Waals surface area contributed by atoms with Crippen LogP contribution in [0.1, 0.15) is 35.1 Å². The van der Waals surface area contributed by atoms with E-state index >= 15 is 0 Å². The van der Waals surface area contributed by atoms with E-state index in [2.05, 4.69) is 10.3 Å². The largest absolute Gasteiger partial charge is 0.328 e. The molecule has 5 heteroatoms. The van der Waals surface area contributed by atoms with Crippen molar-refractivity contribution in [2.24, 2.45) is 5.92 Å². The van der Waals surface area contributed by atoms with Crippen LogP contribution in [0.4, 0.5) is 4.79 Å². The van der Waals surface area contributed by atoms with E-state index < -0.39 is 0 Å². The molecule has 22 heavy (non-hydrogen) atoms. The molecule has 4 nitrogen and oxygen atoms in total. The summed E-state index contributed by atoms with van der Waals surface area (Å²) >= 11 is 1.64. The number of carbonyl (C=O) groups is 1. The average molecular weight is 315 g/mol. The minimum atomic E-state index is -0.0337. The number of aryl methyl sites for hydroxylation is 1. The van der Waals surface area contributed by atoms with Gasteiger partial charge in [-0.25, -0.2) is 9.78 Å². The van der Waals surface area contributed by atoms with Crippen molar-refractivity contribution in [1.29, 1.82) is 0 Å². The second-order valence-corrected chi connectivity index (χ2v) is 6.82. The van der Waals surface area contributed by atoms with Gasteiger partial charge in [0, 0.05) is 24.7 Å². The second-order valence-electron chi connectivity index (χ2n) is 5.93. The molecule has 0 aliphatic heterocycles. The van der Waals surface area contributed by atoms with Gasteiger partial charge in [0.05, 0.1) is 6.04 Å². The number of aromatic nitrogens is 1. The first-order valence-electron chi connectivity index (χ1n) is 7.61. The molecule has 0 unspecified atom stereocenters. The lowest BCUT2D eigenvalue weighted by atomic mass is 10.2. The molecule has 116 valence electrons. The minimum absolute atomic E-state index is 0.0337. The Morgan fingerprint density at radius 3 is 2.73 bits per heavy atom. The number of amides is 2. The standard InChI is InChI=1S/C17H21N3OS/c1-12-11-22-16(18-12)15(14-8-9-14)19-17(21)20(2)10-13-6-4-3-5-7-13/h3-7,11,14-15H,8-10H2,1-2H3,(H,19,21)/t15-/m1/s1. The third kappa shape index (κ3) is 3.65. The van der Waals surface area contributed by atoms with Gasteiger partial charge < -0.3 is 10.2 Å². The first kappa shape index (κ1) is 15.0. The van der Waals surface area contributed by atoms with Crippen LogP contribution in [0, 0.1) is 12.8 Å². The summed E-state index contributed by atoms with van der Waals surface area (Å²) in [6.07, 6.45) is 2.35. The van der Waals surface area contributed by atoms with E-state index in [0.717, 1.165) is 16.3 Å². The summed E-state index contributed by atoms with van der Waals surface area (Å²) in [6, 6.07) is 10.1. The fourth-order valence-electron chi connectivity index (χ4n) is 2.50. The number of nitrogens with one attached hydrogen (secondary N) is 1. The highest BCUT2D eigenvalue weighted by molar-refractivity contribution is 7.09. The Morgan fingerprint density at radius 1 is 1.41 bits per heavy atom. The van der Waals surface area contributed by atoms with Crippen molar-refractivity contribution in [3.63, 3.8) is 0 Å². The normalized spacial score (nSPS) is 15.4. The third-order valence-corrected chi connectivity index (χ3v) is 4.93. The van der Waals surface area contributed by atoms with Gasteiger partial charge in [0.2, 0.25) is 0 Å². The molecule has 0 radical (unpaired) electrons. The highest BCUT2D eigenvalue weighted by Crippen LogP contribution is 2.41. The van der Waals surface area contributed by atoms with Gasteiger partial charge in [-0.2, -0.15) is 0 Å². The predicted octanol–water partition coefficient (Wildman–Crippen LogP) is 3.74. The van der Waals surface area contributed by atoms with Crippen molar-refractivity contribution < 1.29 is 4.79 Å². The van der Waals surface area contributed by atoms with Crippen LogP contribution in [0.3, 0.4) is 0 Å². The fraction of sp³-hybridized carbons (Fsp3) is 0.412. The number of thiazole rings is 1. The van der Waals surface area contributed by atoms with Crippen molar-refractivity contribution in [2.45, 2.75) is 32.4 Å². The fourth-order valence-corrected chi connectivity index (χ4v) is 3.44. The molecular formula is C17H21N3OS. The Bertz CT molecular complexity index is 636. The number of urea groups is 1. The molecule has 0 bridgehead atoms. The van der Waals surface area contributed by atoms with Crippen LogP contribution in [-0.4, -0.2) is 23.0 Å². The Balaban J connectivity index is 1.64. The molecule has 1 fully saturated rings. The Kier molecular flexibility index (Phi) is 4.43. The molecule has 1 N–H and O–H groups in total. The number of carbonyl (C=O) groups excluding carboxylic acids is 1. The van der Waals surface area contributed by atoms with E-state index in [1.165, 1.54) is 12.8 Å². The van der Waals surface area contributed by atoms with E-state index in [9.17, 15) is 4.79 Å². The molecule has 1 atom stereocenters. The first-order valence-corrected chi connectivity index (χ1v) is 8.49. The Morgan fingerprint density at radius 2 is 2.14 bits per heavy atom. The lowest BCUT2D eigenvalue weighted by Gasteiger charge is -2.22. The molecule has 0 saturated heterocycles. The highest BCUT2D eigenvalue weighted by atomic mass is 32.1. The van der Waals surface area contributed by atoms with Crippen LogP contribution < -0.4 is 5.32 Å². The lowest BCUT2D eigenvalue weighted by Crippen LogP contribution is -2.39. The first-order chi connectivity index (χ1) is 10.6. The maximum absolute atomic E-state index is 12.5. The van der Waals surface area contributed by atoms with Gasteiger partial charge in [0.25, 0.3) is 0 Å². The van der Waals surface area contributed by atoms with Crippen molar-refractivity contribution in [2.75, 3.05) is 7.05 Å². The zero-order valence-corrected chi connectivity index (χ0v) is 13.8. The third-order valence-electron chi connectivity index (χ3n) is 3.88. The molecule has 1 aliphatic carbocycles. The molecule has 1 aromatic heterocycles. The van der Waals surface area contributed by atoms with Crippen LogP contribution in [0.2, 0.25) is 0 Å². The Labute approximate surface area is 135 Å². The molecule has 1 heterocycles. The summed E-state index contributed by atoms with van der Waals surface area (Å²) in [5, 5.41) is 6.24. The predicted molar refractivity (Wildman–Crippen MR) is 88.8 cm³/mol. The minimum Gasteiger partial charge on any atom is -0.328 e. The summed E-state index contributed by atoms with van der Waals surface area (Å²) in [7, 11) is 1.83. The van der Waals surface area contributed by atoms with Gasteiger partial charge in [0.1, 0.15) is 5.01 Å². The van der Waals surface area contributed by atoms with E-state index in [1.54, 1.807) is 16.2 Å². The molecule has 1 saturated carbocycles. The molecule has 0 spiro atoms.